The van der Waals surface area contributed by atoms with Crippen LogP contribution in [0.5, 0.6) is 0 Å². The van der Waals surface area contributed by atoms with E-state index in [9.17, 15) is 9.59 Å². The number of aryl methyl sites for hydroxylation is 1. The Bertz CT molecular complexity index is 1050. The number of hydrogen-bond donors (Lipinski definition) is 2. The molecule has 2 aromatic carbocycles. The highest BCUT2D eigenvalue weighted by Gasteiger charge is 2.15. The molecular formula is C23H21N3O3. The van der Waals surface area contributed by atoms with E-state index in [0.717, 1.165) is 11.3 Å². The van der Waals surface area contributed by atoms with Gasteiger partial charge in [-0.25, -0.2) is 5.43 Å². The van der Waals surface area contributed by atoms with Crippen molar-refractivity contribution < 1.29 is 14.0 Å². The predicted molar refractivity (Wildman–Crippen MR) is 112 cm³/mol. The third-order valence-corrected chi connectivity index (χ3v) is 4.06. The number of nitrogens with zero attached hydrogens (tertiary/aromatic N) is 1. The number of hydrazone groups is 1. The molecule has 146 valence electrons. The van der Waals surface area contributed by atoms with Crippen LogP contribution in [-0.2, 0) is 4.79 Å². The third-order valence-electron chi connectivity index (χ3n) is 4.06. The van der Waals surface area contributed by atoms with Crippen molar-refractivity contribution in [2.24, 2.45) is 5.10 Å². The number of carbonyl (C=O) groups excluding carboxylic acids is 2. The quantitative estimate of drug-likeness (QED) is 0.382. The maximum Gasteiger partial charge on any atom is 0.287 e. The molecule has 0 aliphatic rings. The Balaban J connectivity index is 1.81. The number of carbonyl (C=O) groups is 2. The molecule has 0 saturated heterocycles. The van der Waals surface area contributed by atoms with Gasteiger partial charge in [0, 0.05) is 5.56 Å². The first-order valence-corrected chi connectivity index (χ1v) is 9.07. The lowest BCUT2D eigenvalue weighted by molar-refractivity contribution is -0.117. The molecule has 0 bridgehead atoms. The van der Waals surface area contributed by atoms with Gasteiger partial charge in [-0.3, -0.25) is 9.59 Å². The summed E-state index contributed by atoms with van der Waals surface area (Å²) < 4.78 is 5.49. The molecule has 0 atom stereocenters. The summed E-state index contributed by atoms with van der Waals surface area (Å²) in [4.78, 5) is 25.3. The van der Waals surface area contributed by atoms with E-state index < -0.39 is 5.91 Å². The largest absolute Gasteiger partial charge is 0.460 e. The summed E-state index contributed by atoms with van der Waals surface area (Å²) in [5.74, 6) is 0.386. The SMILES string of the molecule is C/C(=N\NC(=O)/C(=C/c1ccccc1)NC(=O)c1ccccc1)c1ccc(C)o1. The van der Waals surface area contributed by atoms with E-state index in [1.165, 1.54) is 0 Å². The van der Waals surface area contributed by atoms with Crippen molar-refractivity contribution in [3.63, 3.8) is 0 Å². The van der Waals surface area contributed by atoms with Crippen molar-refractivity contribution in [3.8, 4) is 0 Å². The van der Waals surface area contributed by atoms with E-state index >= 15 is 0 Å². The Morgan fingerprint density at radius 2 is 1.59 bits per heavy atom. The van der Waals surface area contributed by atoms with Crippen molar-refractivity contribution in [3.05, 3.63) is 101 Å². The smallest absolute Gasteiger partial charge is 0.287 e. The summed E-state index contributed by atoms with van der Waals surface area (Å²) >= 11 is 0. The van der Waals surface area contributed by atoms with Gasteiger partial charge in [-0.1, -0.05) is 48.5 Å². The summed E-state index contributed by atoms with van der Waals surface area (Å²) in [6, 6.07) is 21.5. The zero-order chi connectivity index (χ0) is 20.6. The van der Waals surface area contributed by atoms with Gasteiger partial charge >= 0.3 is 0 Å². The number of hydrogen-bond acceptors (Lipinski definition) is 4. The van der Waals surface area contributed by atoms with Crippen LogP contribution in [0.15, 0.2) is 88.0 Å². The minimum atomic E-state index is -0.541. The van der Waals surface area contributed by atoms with Crippen molar-refractivity contribution in [1.82, 2.24) is 10.7 Å². The number of furan rings is 1. The maximum absolute atomic E-state index is 12.7. The summed E-state index contributed by atoms with van der Waals surface area (Å²) in [5.41, 5.74) is 4.29. The molecule has 1 aromatic heterocycles. The first kappa shape index (κ1) is 19.8. The summed E-state index contributed by atoms with van der Waals surface area (Å²) in [6.07, 6.45) is 1.60. The molecule has 3 aromatic rings. The summed E-state index contributed by atoms with van der Waals surface area (Å²) in [6.45, 7) is 3.55. The Hall–Kier alpha value is -3.93. The van der Waals surface area contributed by atoms with Gasteiger partial charge in [0.05, 0.1) is 0 Å². The fourth-order valence-corrected chi connectivity index (χ4v) is 2.54. The average molecular weight is 387 g/mol. The van der Waals surface area contributed by atoms with Crippen LogP contribution in [0.25, 0.3) is 6.08 Å². The Labute approximate surface area is 168 Å². The second-order valence-corrected chi connectivity index (χ2v) is 6.34. The van der Waals surface area contributed by atoms with E-state index in [0.29, 0.717) is 17.0 Å². The van der Waals surface area contributed by atoms with Gasteiger partial charge in [-0.05, 0) is 49.8 Å². The molecule has 2 amide bonds. The van der Waals surface area contributed by atoms with Gasteiger partial charge in [-0.2, -0.15) is 5.10 Å². The lowest BCUT2D eigenvalue weighted by Gasteiger charge is -2.09. The van der Waals surface area contributed by atoms with Crippen molar-refractivity contribution in [2.75, 3.05) is 0 Å². The van der Waals surface area contributed by atoms with Crippen LogP contribution in [0, 0.1) is 6.92 Å². The molecule has 29 heavy (non-hydrogen) atoms. The molecule has 0 aliphatic heterocycles. The Morgan fingerprint density at radius 3 is 2.21 bits per heavy atom. The van der Waals surface area contributed by atoms with Crippen molar-refractivity contribution >= 4 is 23.6 Å². The molecule has 6 nitrogen and oxygen atoms in total. The van der Waals surface area contributed by atoms with Gasteiger partial charge in [0.1, 0.15) is 22.9 Å². The molecule has 0 saturated carbocycles. The first-order chi connectivity index (χ1) is 14.0. The summed E-state index contributed by atoms with van der Waals surface area (Å²) in [7, 11) is 0. The Kier molecular flexibility index (Phi) is 6.37. The van der Waals surface area contributed by atoms with E-state index in [2.05, 4.69) is 15.8 Å². The standard InChI is InChI=1S/C23H21N3O3/c1-16-13-14-21(29-16)17(2)25-26-23(28)20(15-18-9-5-3-6-10-18)24-22(27)19-11-7-4-8-12-19/h3-15H,1-2H3,(H,24,27)(H,26,28)/b20-15-,25-17+. The highest BCUT2D eigenvalue weighted by Crippen LogP contribution is 2.09. The van der Waals surface area contributed by atoms with Crippen molar-refractivity contribution in [1.29, 1.82) is 0 Å². The Morgan fingerprint density at radius 1 is 0.931 bits per heavy atom. The van der Waals surface area contributed by atoms with Gasteiger partial charge < -0.3 is 9.73 Å². The minimum Gasteiger partial charge on any atom is -0.460 e. The van der Waals surface area contributed by atoms with Gasteiger partial charge in [0.2, 0.25) is 0 Å². The van der Waals surface area contributed by atoms with E-state index in [-0.39, 0.29) is 11.6 Å². The monoisotopic (exact) mass is 387 g/mol. The third kappa shape index (κ3) is 5.52. The molecule has 0 unspecified atom stereocenters. The van der Waals surface area contributed by atoms with Gasteiger partial charge in [-0.15, -0.1) is 0 Å². The van der Waals surface area contributed by atoms with E-state index in [1.807, 2.05) is 49.4 Å². The fourth-order valence-electron chi connectivity index (χ4n) is 2.54. The fraction of sp³-hybridized carbons (Fsp3) is 0.0870. The number of rotatable bonds is 6. The van der Waals surface area contributed by atoms with E-state index in [1.54, 1.807) is 43.3 Å². The molecule has 0 spiro atoms. The molecule has 1 heterocycles. The lowest BCUT2D eigenvalue weighted by atomic mass is 10.1. The molecule has 0 aliphatic carbocycles. The van der Waals surface area contributed by atoms with Crippen LogP contribution in [0.4, 0.5) is 0 Å². The highest BCUT2D eigenvalue weighted by atomic mass is 16.3. The molecule has 2 N–H and O–H groups in total. The van der Waals surface area contributed by atoms with Crippen LogP contribution < -0.4 is 10.7 Å². The second kappa shape index (κ2) is 9.32. The minimum absolute atomic E-state index is 0.0808. The second-order valence-electron chi connectivity index (χ2n) is 6.34. The number of amides is 2. The zero-order valence-electron chi connectivity index (χ0n) is 16.2. The van der Waals surface area contributed by atoms with E-state index in [4.69, 9.17) is 4.42 Å². The predicted octanol–water partition coefficient (Wildman–Crippen LogP) is 3.90. The van der Waals surface area contributed by atoms with Gasteiger partial charge in [0.25, 0.3) is 11.8 Å². The lowest BCUT2D eigenvalue weighted by Crippen LogP contribution is -2.33. The maximum atomic E-state index is 12.7. The number of nitrogens with one attached hydrogen (secondary N) is 2. The van der Waals surface area contributed by atoms with Crippen molar-refractivity contribution in [2.45, 2.75) is 13.8 Å². The van der Waals surface area contributed by atoms with Crippen LogP contribution >= 0.6 is 0 Å². The average Bonchev–Trinajstić information content (AvgIpc) is 3.19. The molecule has 0 fully saturated rings. The van der Waals surface area contributed by atoms with Crippen LogP contribution in [0.2, 0.25) is 0 Å². The number of benzene rings is 2. The van der Waals surface area contributed by atoms with Gasteiger partial charge in [0.15, 0.2) is 0 Å². The van der Waals surface area contributed by atoms with Crippen LogP contribution in [0.1, 0.15) is 34.4 Å². The topological polar surface area (TPSA) is 83.7 Å². The first-order valence-electron chi connectivity index (χ1n) is 9.07. The highest BCUT2D eigenvalue weighted by molar-refractivity contribution is 6.06. The summed E-state index contributed by atoms with van der Waals surface area (Å²) in [5, 5.41) is 6.75. The van der Waals surface area contributed by atoms with Crippen LogP contribution in [-0.4, -0.2) is 17.5 Å². The molecule has 3 rings (SSSR count). The molecule has 0 radical (unpaired) electrons. The normalized spacial score (nSPS) is 11.8. The molecular weight excluding hydrogens is 366 g/mol. The van der Waals surface area contributed by atoms with Crippen LogP contribution in [0.3, 0.4) is 0 Å². The zero-order valence-corrected chi connectivity index (χ0v) is 16.2. The molecule has 6 heteroatoms.